The lowest BCUT2D eigenvalue weighted by Crippen LogP contribution is -2.01. The zero-order chi connectivity index (χ0) is 7.44. The van der Waals surface area contributed by atoms with Crippen LogP contribution in [0.15, 0.2) is 12.2 Å². The van der Waals surface area contributed by atoms with Crippen LogP contribution in [-0.4, -0.2) is 6.43 Å². The lowest BCUT2D eigenvalue weighted by Gasteiger charge is -2.08. The van der Waals surface area contributed by atoms with Gasteiger partial charge in [0.1, 0.15) is 0 Å². The maximum atomic E-state index is 11.6. The highest BCUT2D eigenvalue weighted by molar-refractivity contribution is 4.93. The number of hydrogen-bond acceptors (Lipinski definition) is 0. The zero-order valence-corrected chi connectivity index (χ0v) is 5.82. The Hall–Kier alpha value is -0.400. The number of allylic oxidation sites excluding steroid dienone is 1. The van der Waals surface area contributed by atoms with E-state index >= 15 is 0 Å². The quantitative estimate of drug-likeness (QED) is 0.520. The predicted molar refractivity (Wildman–Crippen MR) is 34.6 cm³/mol. The highest BCUT2D eigenvalue weighted by atomic mass is 19.3. The molecule has 0 aliphatic heterocycles. The fourth-order valence-corrected chi connectivity index (χ4v) is 0.468. The predicted octanol–water partition coefficient (Wildman–Crippen LogP) is 2.85. The molecule has 0 N–H and O–H groups in total. The van der Waals surface area contributed by atoms with Crippen LogP contribution in [0.3, 0.4) is 0 Å². The molecule has 0 aliphatic rings. The Morgan fingerprint density at radius 2 is 2.00 bits per heavy atom. The molecular weight excluding hydrogens is 122 g/mol. The molecule has 0 aromatic carbocycles. The smallest absolute Gasteiger partial charge is 0.211 e. The molecule has 0 saturated heterocycles. The Morgan fingerprint density at radius 3 is 2.11 bits per heavy atom. The van der Waals surface area contributed by atoms with Crippen LogP contribution in [-0.2, 0) is 0 Å². The standard InChI is InChI=1S/C7H12F2/c1-5(2)6(3)4-7(8)9/h6-7H,1,4H2,2-3H3/t6-/m0/s1. The van der Waals surface area contributed by atoms with Gasteiger partial charge in [-0.25, -0.2) is 8.78 Å². The van der Waals surface area contributed by atoms with Gasteiger partial charge in [-0.3, -0.25) is 0 Å². The second-order valence-corrected chi connectivity index (χ2v) is 2.37. The maximum Gasteiger partial charge on any atom is 0.239 e. The zero-order valence-electron chi connectivity index (χ0n) is 5.82. The van der Waals surface area contributed by atoms with Crippen molar-refractivity contribution in [1.29, 1.82) is 0 Å². The van der Waals surface area contributed by atoms with Gasteiger partial charge in [-0.1, -0.05) is 19.1 Å². The molecule has 9 heavy (non-hydrogen) atoms. The van der Waals surface area contributed by atoms with Crippen molar-refractivity contribution in [3.63, 3.8) is 0 Å². The molecule has 0 aliphatic carbocycles. The first-order chi connectivity index (χ1) is 4.04. The van der Waals surface area contributed by atoms with Crippen LogP contribution >= 0.6 is 0 Å². The summed E-state index contributed by atoms with van der Waals surface area (Å²) >= 11 is 0. The Labute approximate surface area is 54.6 Å². The number of halogens is 2. The summed E-state index contributed by atoms with van der Waals surface area (Å²) < 4.78 is 23.2. The van der Waals surface area contributed by atoms with E-state index in [0.717, 1.165) is 5.57 Å². The number of rotatable bonds is 3. The van der Waals surface area contributed by atoms with Gasteiger partial charge in [0.25, 0.3) is 0 Å². The van der Waals surface area contributed by atoms with E-state index in [-0.39, 0.29) is 12.3 Å². The molecule has 0 saturated carbocycles. The molecule has 0 unspecified atom stereocenters. The van der Waals surface area contributed by atoms with Gasteiger partial charge in [-0.2, -0.15) is 0 Å². The fourth-order valence-electron chi connectivity index (χ4n) is 0.468. The van der Waals surface area contributed by atoms with Crippen molar-refractivity contribution < 1.29 is 8.78 Å². The van der Waals surface area contributed by atoms with Gasteiger partial charge in [-0.05, 0) is 12.8 Å². The van der Waals surface area contributed by atoms with Crippen molar-refractivity contribution in [2.45, 2.75) is 26.7 Å². The average molecular weight is 134 g/mol. The largest absolute Gasteiger partial charge is 0.239 e. The third-order valence-corrected chi connectivity index (χ3v) is 1.37. The van der Waals surface area contributed by atoms with Crippen molar-refractivity contribution in [2.75, 3.05) is 0 Å². The third kappa shape index (κ3) is 4.13. The average Bonchev–Trinajstić information content (AvgIpc) is 1.63. The first-order valence-electron chi connectivity index (χ1n) is 2.97. The summed E-state index contributed by atoms with van der Waals surface area (Å²) in [6.07, 6.45) is -2.26. The summed E-state index contributed by atoms with van der Waals surface area (Å²) in [5.74, 6) is -0.0509. The van der Waals surface area contributed by atoms with Crippen LogP contribution in [0, 0.1) is 5.92 Å². The highest BCUT2D eigenvalue weighted by Crippen LogP contribution is 2.16. The van der Waals surface area contributed by atoms with E-state index in [1.165, 1.54) is 0 Å². The molecule has 0 rings (SSSR count). The molecule has 0 aromatic heterocycles. The van der Waals surface area contributed by atoms with Crippen LogP contribution in [0.5, 0.6) is 0 Å². The summed E-state index contributed by atoms with van der Waals surface area (Å²) in [7, 11) is 0. The Bertz CT molecular complexity index is 97.1. The van der Waals surface area contributed by atoms with Gasteiger partial charge in [0, 0.05) is 6.42 Å². The van der Waals surface area contributed by atoms with Gasteiger partial charge in [-0.15, -0.1) is 0 Å². The Balaban J connectivity index is 3.50. The summed E-state index contributed by atoms with van der Waals surface area (Å²) in [5, 5.41) is 0. The molecule has 0 spiro atoms. The summed E-state index contributed by atoms with van der Waals surface area (Å²) in [6, 6.07) is 0. The Morgan fingerprint density at radius 1 is 1.56 bits per heavy atom. The van der Waals surface area contributed by atoms with Gasteiger partial charge in [0.05, 0.1) is 0 Å². The number of alkyl halides is 2. The van der Waals surface area contributed by atoms with Gasteiger partial charge in [0.2, 0.25) is 6.43 Å². The van der Waals surface area contributed by atoms with Crippen molar-refractivity contribution >= 4 is 0 Å². The van der Waals surface area contributed by atoms with Crippen molar-refractivity contribution in [2.24, 2.45) is 5.92 Å². The number of hydrogen-bond donors (Lipinski definition) is 0. The van der Waals surface area contributed by atoms with E-state index in [4.69, 9.17) is 0 Å². The van der Waals surface area contributed by atoms with Gasteiger partial charge >= 0.3 is 0 Å². The monoisotopic (exact) mass is 134 g/mol. The second-order valence-electron chi connectivity index (χ2n) is 2.37. The van der Waals surface area contributed by atoms with Gasteiger partial charge < -0.3 is 0 Å². The molecule has 0 heterocycles. The third-order valence-electron chi connectivity index (χ3n) is 1.37. The van der Waals surface area contributed by atoms with Crippen molar-refractivity contribution in [3.8, 4) is 0 Å². The molecule has 1 atom stereocenters. The molecule has 0 aromatic rings. The Kier molecular flexibility index (Phi) is 3.43. The maximum absolute atomic E-state index is 11.6. The first kappa shape index (κ1) is 8.60. The topological polar surface area (TPSA) is 0 Å². The van der Waals surface area contributed by atoms with E-state index in [1.54, 1.807) is 13.8 Å². The van der Waals surface area contributed by atoms with Crippen molar-refractivity contribution in [1.82, 2.24) is 0 Å². The van der Waals surface area contributed by atoms with E-state index in [1.807, 2.05) is 0 Å². The summed E-state index contributed by atoms with van der Waals surface area (Å²) in [4.78, 5) is 0. The molecular formula is C7H12F2. The van der Waals surface area contributed by atoms with Crippen LogP contribution in [0.25, 0.3) is 0 Å². The molecule has 0 bridgehead atoms. The van der Waals surface area contributed by atoms with Crippen LogP contribution in [0.1, 0.15) is 20.3 Å². The minimum atomic E-state index is -2.20. The van der Waals surface area contributed by atoms with Crippen molar-refractivity contribution in [3.05, 3.63) is 12.2 Å². The SMILES string of the molecule is C=C(C)[C@@H](C)CC(F)F. The normalized spacial score (nSPS) is 13.9. The van der Waals surface area contributed by atoms with E-state index in [9.17, 15) is 8.78 Å². The van der Waals surface area contributed by atoms with E-state index in [2.05, 4.69) is 6.58 Å². The highest BCUT2D eigenvalue weighted by Gasteiger charge is 2.09. The molecule has 2 heteroatoms. The second kappa shape index (κ2) is 3.59. The van der Waals surface area contributed by atoms with Crippen LogP contribution in [0.2, 0.25) is 0 Å². The fraction of sp³-hybridized carbons (Fsp3) is 0.714. The molecule has 0 radical (unpaired) electrons. The van der Waals surface area contributed by atoms with E-state index < -0.39 is 6.43 Å². The molecule has 54 valence electrons. The van der Waals surface area contributed by atoms with E-state index in [0.29, 0.717) is 0 Å². The lowest BCUT2D eigenvalue weighted by molar-refractivity contribution is 0.124. The summed E-state index contributed by atoms with van der Waals surface area (Å²) in [6.45, 7) is 7.10. The molecule has 0 fully saturated rings. The minimum absolute atomic E-state index is 0.0509. The first-order valence-corrected chi connectivity index (χ1v) is 2.97. The molecule has 0 amide bonds. The van der Waals surface area contributed by atoms with Crippen LogP contribution in [0.4, 0.5) is 8.78 Å². The van der Waals surface area contributed by atoms with Gasteiger partial charge in [0.15, 0.2) is 0 Å². The lowest BCUT2D eigenvalue weighted by atomic mass is 10.0. The van der Waals surface area contributed by atoms with Crippen LogP contribution < -0.4 is 0 Å². The molecule has 0 nitrogen and oxygen atoms in total. The summed E-state index contributed by atoms with van der Waals surface area (Å²) in [5.41, 5.74) is 0.829. The minimum Gasteiger partial charge on any atom is -0.211 e.